The Morgan fingerprint density at radius 1 is 0.712 bits per heavy atom. The van der Waals surface area contributed by atoms with Crippen LogP contribution in [0.3, 0.4) is 0 Å². The van der Waals surface area contributed by atoms with Gasteiger partial charge in [-0.3, -0.25) is 18.3 Å². The molecular formula is C37H38N2O10S3. The molecule has 4 N–H and O–H groups in total. The quantitative estimate of drug-likeness (QED) is 0.126. The fourth-order valence-electron chi connectivity index (χ4n) is 5.56. The van der Waals surface area contributed by atoms with Gasteiger partial charge in [0.2, 0.25) is 0 Å². The second kappa shape index (κ2) is 16.7. The molecule has 0 unspecified atom stereocenters. The molecule has 0 aromatic heterocycles. The van der Waals surface area contributed by atoms with E-state index in [1.165, 1.54) is 36.4 Å². The molecule has 0 fully saturated rings. The topological polar surface area (TPSA) is 199 Å². The minimum absolute atomic E-state index is 0. The summed E-state index contributed by atoms with van der Waals surface area (Å²) in [6.45, 7) is 4.71. The molecule has 0 bridgehead atoms. The summed E-state index contributed by atoms with van der Waals surface area (Å²) in [7, 11) is -12.8. The number of aliphatic imine (C=N–C) groups is 1. The van der Waals surface area contributed by atoms with Crippen molar-refractivity contribution < 1.29 is 44.0 Å². The van der Waals surface area contributed by atoms with Crippen molar-refractivity contribution in [2.75, 3.05) is 18.1 Å². The van der Waals surface area contributed by atoms with E-state index in [4.69, 9.17) is 4.18 Å². The normalized spacial score (nSPS) is 13.1. The van der Waals surface area contributed by atoms with Gasteiger partial charge in [0.1, 0.15) is 4.90 Å². The van der Waals surface area contributed by atoms with Gasteiger partial charge in [-0.05, 0) is 96.3 Å². The zero-order valence-corrected chi connectivity index (χ0v) is 30.7. The summed E-state index contributed by atoms with van der Waals surface area (Å²) in [5.41, 5.74) is 4.91. The van der Waals surface area contributed by atoms with Crippen molar-refractivity contribution in [2.45, 2.75) is 41.6 Å². The molecule has 15 heteroatoms. The Morgan fingerprint density at radius 2 is 1.33 bits per heavy atom. The van der Waals surface area contributed by atoms with E-state index in [0.29, 0.717) is 52.2 Å². The molecule has 0 saturated carbocycles. The Balaban J connectivity index is 0.00000605. The third-order valence-corrected chi connectivity index (χ3v) is 11.1. The van der Waals surface area contributed by atoms with Crippen LogP contribution in [0.25, 0.3) is 5.57 Å². The molecule has 1 aliphatic rings. The summed E-state index contributed by atoms with van der Waals surface area (Å²) in [5, 5.41) is 0. The first kappa shape index (κ1) is 40.0. The first-order valence-corrected chi connectivity index (χ1v) is 20.1. The highest BCUT2D eigenvalue weighted by molar-refractivity contribution is 7.87. The summed E-state index contributed by atoms with van der Waals surface area (Å²) in [6.07, 6.45) is 7.11. The minimum atomic E-state index is -4.59. The fourth-order valence-corrected chi connectivity index (χ4v) is 7.80. The van der Waals surface area contributed by atoms with Crippen LogP contribution < -0.4 is 4.90 Å². The van der Waals surface area contributed by atoms with Crippen LogP contribution in [-0.4, -0.2) is 58.7 Å². The number of hydrogen-bond donors (Lipinski definition) is 2. The van der Waals surface area contributed by atoms with Crippen LogP contribution >= 0.6 is 0 Å². The van der Waals surface area contributed by atoms with E-state index in [-0.39, 0.29) is 33.3 Å². The van der Waals surface area contributed by atoms with Gasteiger partial charge in [-0.2, -0.15) is 25.3 Å². The average Bonchev–Trinajstić information content (AvgIpc) is 3.10. The number of anilines is 1. The highest BCUT2D eigenvalue weighted by atomic mass is 32.2. The Labute approximate surface area is 304 Å². The second-order valence-electron chi connectivity index (χ2n) is 11.4. The molecule has 0 heterocycles. The standard InChI is InChI=1S/C37H36N2O9S3.H2O/c1-3-39(26-28-10-8-11-33(24-28)49(40,41)42)32-21-17-30(18-22-32)37(35-13-5-6-14-36(35)50(43,44)45)29-15-19-31(20-16-29)38-25-27-9-7-12-34(23-27)51(46,47)48-4-2;/h5-24H,3-4,25-26H2,1-2H3,(H,40,41,42)(H,43,44,45);1H2. The van der Waals surface area contributed by atoms with Crippen LogP contribution in [0, 0.1) is 0 Å². The molecule has 0 saturated heterocycles. The summed E-state index contributed by atoms with van der Waals surface area (Å²) in [6, 6.07) is 26.0. The first-order valence-electron chi connectivity index (χ1n) is 15.8. The third-order valence-electron chi connectivity index (χ3n) is 7.97. The largest absolute Gasteiger partial charge is 0.412 e. The molecule has 0 amide bonds. The van der Waals surface area contributed by atoms with Gasteiger partial charge in [0.25, 0.3) is 30.4 Å². The van der Waals surface area contributed by atoms with Crippen molar-refractivity contribution in [1.29, 1.82) is 0 Å². The summed E-state index contributed by atoms with van der Waals surface area (Å²) in [5.74, 6) is 0. The Bertz CT molecular complexity index is 2370. The molecule has 0 atom stereocenters. The van der Waals surface area contributed by atoms with Gasteiger partial charge in [0, 0.05) is 24.3 Å². The maximum Gasteiger partial charge on any atom is 0.296 e. The average molecular weight is 767 g/mol. The second-order valence-corrected chi connectivity index (χ2v) is 15.8. The highest BCUT2D eigenvalue weighted by Crippen LogP contribution is 2.35. The molecule has 1 aliphatic carbocycles. The number of rotatable bonds is 13. The number of allylic oxidation sites excluding steroid dienone is 5. The van der Waals surface area contributed by atoms with E-state index >= 15 is 0 Å². The van der Waals surface area contributed by atoms with E-state index in [0.717, 1.165) is 5.69 Å². The molecule has 4 aromatic carbocycles. The maximum absolute atomic E-state index is 12.5. The molecule has 274 valence electrons. The van der Waals surface area contributed by atoms with Crippen LogP contribution in [0.1, 0.15) is 36.1 Å². The zero-order chi connectivity index (χ0) is 36.8. The molecule has 5 rings (SSSR count). The first-order chi connectivity index (χ1) is 24.2. The van der Waals surface area contributed by atoms with Gasteiger partial charge >= 0.3 is 0 Å². The summed E-state index contributed by atoms with van der Waals surface area (Å²) < 4.78 is 97.4. The Morgan fingerprint density at radius 3 is 1.94 bits per heavy atom. The Hall–Kier alpha value is -4.74. The molecule has 0 aliphatic heterocycles. The van der Waals surface area contributed by atoms with Crippen molar-refractivity contribution in [1.82, 2.24) is 0 Å². The predicted octanol–water partition coefficient (Wildman–Crippen LogP) is 5.68. The van der Waals surface area contributed by atoms with Crippen LogP contribution in [0.4, 0.5) is 5.69 Å². The SMILES string of the molecule is CCOS(=O)(=O)c1cccc(CN=C2C=CC(=C(c3ccc(N(CC)Cc4cccc(S(=O)(=O)O)c4)cc3)c3ccccc3S(=O)(=O)O)C=C2)c1.O. The molecule has 52 heavy (non-hydrogen) atoms. The lowest BCUT2D eigenvalue weighted by Crippen LogP contribution is -2.22. The molecule has 0 spiro atoms. The van der Waals surface area contributed by atoms with E-state index in [9.17, 15) is 34.4 Å². The monoisotopic (exact) mass is 766 g/mol. The van der Waals surface area contributed by atoms with Crippen LogP contribution in [0.15, 0.2) is 147 Å². The van der Waals surface area contributed by atoms with Crippen LogP contribution in [0.5, 0.6) is 0 Å². The van der Waals surface area contributed by atoms with Gasteiger partial charge in [-0.1, -0.05) is 66.7 Å². The fraction of sp³-hybridized carbons (Fsp3) is 0.162. The zero-order valence-electron chi connectivity index (χ0n) is 28.2. The van der Waals surface area contributed by atoms with Crippen molar-refractivity contribution in [2.24, 2.45) is 4.99 Å². The lowest BCUT2D eigenvalue weighted by molar-refractivity contribution is 0.338. The van der Waals surface area contributed by atoms with Crippen LogP contribution in [0.2, 0.25) is 0 Å². The van der Waals surface area contributed by atoms with Crippen molar-refractivity contribution in [3.05, 3.63) is 149 Å². The lowest BCUT2D eigenvalue weighted by Gasteiger charge is -2.24. The van der Waals surface area contributed by atoms with Crippen LogP contribution in [-0.2, 0) is 47.6 Å². The smallest absolute Gasteiger partial charge is 0.296 e. The lowest BCUT2D eigenvalue weighted by atomic mass is 9.90. The predicted molar refractivity (Wildman–Crippen MR) is 200 cm³/mol. The highest BCUT2D eigenvalue weighted by Gasteiger charge is 2.22. The maximum atomic E-state index is 12.5. The number of benzene rings is 4. The van der Waals surface area contributed by atoms with Gasteiger partial charge in [0.15, 0.2) is 0 Å². The third kappa shape index (κ3) is 9.77. The van der Waals surface area contributed by atoms with Gasteiger partial charge in [-0.15, -0.1) is 0 Å². The van der Waals surface area contributed by atoms with Crippen molar-refractivity contribution >= 4 is 47.3 Å². The van der Waals surface area contributed by atoms with Gasteiger partial charge in [-0.25, -0.2) is 0 Å². The Kier molecular flexibility index (Phi) is 12.9. The summed E-state index contributed by atoms with van der Waals surface area (Å²) >= 11 is 0. The van der Waals surface area contributed by atoms with E-state index in [2.05, 4.69) is 4.99 Å². The molecule has 0 radical (unpaired) electrons. The molecule has 4 aromatic rings. The minimum Gasteiger partial charge on any atom is -0.412 e. The van der Waals surface area contributed by atoms with Gasteiger partial charge < -0.3 is 10.4 Å². The number of hydrogen-bond acceptors (Lipinski definition) is 9. The van der Waals surface area contributed by atoms with E-state index in [1.807, 2.05) is 36.1 Å². The van der Waals surface area contributed by atoms with Gasteiger partial charge in [0.05, 0.1) is 28.7 Å². The van der Waals surface area contributed by atoms with Crippen molar-refractivity contribution in [3.8, 4) is 0 Å². The summed E-state index contributed by atoms with van der Waals surface area (Å²) in [4.78, 5) is 6.22. The molecule has 12 nitrogen and oxygen atoms in total. The van der Waals surface area contributed by atoms with E-state index < -0.39 is 30.4 Å². The molecular weight excluding hydrogens is 729 g/mol. The number of nitrogens with zero attached hydrogens (tertiary/aromatic N) is 2. The van der Waals surface area contributed by atoms with E-state index in [1.54, 1.807) is 67.6 Å². The van der Waals surface area contributed by atoms with Crippen molar-refractivity contribution in [3.63, 3.8) is 0 Å².